The van der Waals surface area contributed by atoms with Gasteiger partial charge in [0.2, 0.25) is 11.0 Å². The van der Waals surface area contributed by atoms with Gasteiger partial charge in [-0.1, -0.05) is 35.2 Å². The largest absolute Gasteiger partial charge is 0.335 e. The topological polar surface area (TPSA) is 96.0 Å². The highest BCUT2D eigenvalue weighted by Gasteiger charge is 2.23. The van der Waals surface area contributed by atoms with Crippen molar-refractivity contribution in [3.8, 4) is 0 Å². The molecule has 0 atom stereocenters. The number of aromatic nitrogens is 2. The molecule has 132 valence electrons. The fourth-order valence-corrected chi connectivity index (χ4v) is 3.62. The molecule has 9 heteroatoms. The summed E-state index contributed by atoms with van der Waals surface area (Å²) in [7, 11) is 0. The predicted octanol–water partition coefficient (Wildman–Crippen LogP) is 2.98. The smallest absolute Gasteiger partial charge is 0.321 e. The van der Waals surface area contributed by atoms with Crippen molar-refractivity contribution in [2.45, 2.75) is 37.1 Å². The normalized spacial score (nSPS) is 13.4. The molecule has 2 aromatic rings. The standard InChI is InChI=1S/C16H19N5O2S2/c1-9-4-3-5-12(10(9)2)18-15-20-21-16(25-15)24-8-13(22)19-14(23)17-11-6-7-11/h3-5,11H,6-8H2,1-2H3,(H,18,20)(H2,17,19,22,23). The first-order chi connectivity index (χ1) is 12.0. The Labute approximate surface area is 154 Å². The van der Waals surface area contributed by atoms with E-state index >= 15 is 0 Å². The second-order valence-corrected chi connectivity index (χ2v) is 8.03. The summed E-state index contributed by atoms with van der Waals surface area (Å²) in [4.78, 5) is 23.3. The van der Waals surface area contributed by atoms with Gasteiger partial charge in [0, 0.05) is 11.7 Å². The second kappa shape index (κ2) is 7.83. The van der Waals surface area contributed by atoms with Crippen LogP contribution in [0.5, 0.6) is 0 Å². The highest BCUT2D eigenvalue weighted by atomic mass is 32.2. The average molecular weight is 377 g/mol. The molecule has 3 amide bonds. The lowest BCUT2D eigenvalue weighted by molar-refractivity contribution is -0.117. The first-order valence-electron chi connectivity index (χ1n) is 7.91. The maximum Gasteiger partial charge on any atom is 0.321 e. The number of nitrogens with one attached hydrogen (secondary N) is 3. The number of hydrogen-bond acceptors (Lipinski definition) is 7. The van der Waals surface area contributed by atoms with Gasteiger partial charge in [0.25, 0.3) is 0 Å². The number of aryl methyl sites for hydroxylation is 1. The van der Waals surface area contributed by atoms with E-state index in [0.29, 0.717) is 9.47 Å². The van der Waals surface area contributed by atoms with E-state index in [4.69, 9.17) is 0 Å². The Morgan fingerprint density at radius 1 is 1.28 bits per heavy atom. The summed E-state index contributed by atoms with van der Waals surface area (Å²) in [6.07, 6.45) is 1.97. The highest BCUT2D eigenvalue weighted by molar-refractivity contribution is 8.01. The van der Waals surface area contributed by atoms with E-state index in [1.807, 2.05) is 19.1 Å². The zero-order chi connectivity index (χ0) is 17.8. The second-order valence-electron chi connectivity index (χ2n) is 5.83. The van der Waals surface area contributed by atoms with Crippen molar-refractivity contribution in [2.24, 2.45) is 0 Å². The number of anilines is 2. The van der Waals surface area contributed by atoms with E-state index in [0.717, 1.165) is 24.1 Å². The molecule has 1 aromatic heterocycles. The lowest BCUT2D eigenvalue weighted by atomic mass is 10.1. The first-order valence-corrected chi connectivity index (χ1v) is 9.71. The van der Waals surface area contributed by atoms with Crippen LogP contribution >= 0.6 is 23.1 Å². The number of amides is 3. The monoisotopic (exact) mass is 377 g/mol. The summed E-state index contributed by atoms with van der Waals surface area (Å²) in [5.41, 5.74) is 3.35. The summed E-state index contributed by atoms with van der Waals surface area (Å²) < 4.78 is 0.672. The molecule has 3 N–H and O–H groups in total. The molecule has 0 unspecified atom stereocenters. The van der Waals surface area contributed by atoms with Gasteiger partial charge in [-0.3, -0.25) is 10.1 Å². The minimum absolute atomic E-state index is 0.121. The molecule has 25 heavy (non-hydrogen) atoms. The van der Waals surface area contributed by atoms with Crippen molar-refractivity contribution in [3.05, 3.63) is 29.3 Å². The maximum absolute atomic E-state index is 11.8. The van der Waals surface area contributed by atoms with Crippen LogP contribution in [0, 0.1) is 13.8 Å². The van der Waals surface area contributed by atoms with E-state index in [2.05, 4.69) is 39.1 Å². The van der Waals surface area contributed by atoms with Crippen LogP contribution in [0.4, 0.5) is 15.6 Å². The lowest BCUT2D eigenvalue weighted by Crippen LogP contribution is -2.41. The van der Waals surface area contributed by atoms with Gasteiger partial charge in [0.15, 0.2) is 4.34 Å². The van der Waals surface area contributed by atoms with E-state index in [1.54, 1.807) is 0 Å². The van der Waals surface area contributed by atoms with Crippen molar-refractivity contribution in [1.82, 2.24) is 20.8 Å². The molecule has 0 radical (unpaired) electrons. The van der Waals surface area contributed by atoms with Crippen LogP contribution in [0.3, 0.4) is 0 Å². The molecule has 3 rings (SSSR count). The molecule has 1 saturated carbocycles. The van der Waals surface area contributed by atoms with Gasteiger partial charge in [0.1, 0.15) is 0 Å². The fourth-order valence-electron chi connectivity index (χ4n) is 2.06. The van der Waals surface area contributed by atoms with Crippen molar-refractivity contribution in [2.75, 3.05) is 11.1 Å². The Morgan fingerprint density at radius 2 is 2.08 bits per heavy atom. The van der Waals surface area contributed by atoms with Crippen molar-refractivity contribution in [1.29, 1.82) is 0 Å². The number of carbonyl (C=O) groups is 2. The molecule has 1 heterocycles. The summed E-state index contributed by atoms with van der Waals surface area (Å²) >= 11 is 2.63. The number of urea groups is 1. The van der Waals surface area contributed by atoms with Gasteiger partial charge in [-0.15, -0.1) is 10.2 Å². The van der Waals surface area contributed by atoms with Crippen molar-refractivity contribution in [3.63, 3.8) is 0 Å². The number of rotatable bonds is 6. The fraction of sp³-hybridized carbons (Fsp3) is 0.375. The van der Waals surface area contributed by atoms with Gasteiger partial charge in [-0.25, -0.2) is 4.79 Å². The molecular weight excluding hydrogens is 358 g/mol. The predicted molar refractivity (Wildman–Crippen MR) is 99.5 cm³/mol. The van der Waals surface area contributed by atoms with E-state index < -0.39 is 6.03 Å². The van der Waals surface area contributed by atoms with Crippen LogP contribution in [0.15, 0.2) is 22.5 Å². The Balaban J connectivity index is 1.48. The van der Waals surface area contributed by atoms with Crippen molar-refractivity contribution < 1.29 is 9.59 Å². The summed E-state index contributed by atoms with van der Waals surface area (Å²) in [5.74, 6) is -0.224. The molecule has 0 saturated heterocycles. The Bertz CT molecular complexity index is 789. The molecule has 0 aliphatic heterocycles. The molecule has 1 aliphatic rings. The summed E-state index contributed by atoms with van der Waals surface area (Å²) in [6.45, 7) is 4.10. The van der Waals surface area contributed by atoms with Crippen molar-refractivity contribution >= 4 is 45.9 Å². The number of hydrogen-bond donors (Lipinski definition) is 3. The van der Waals surface area contributed by atoms with Gasteiger partial charge in [0.05, 0.1) is 5.75 Å². The molecule has 1 aromatic carbocycles. The van der Waals surface area contributed by atoms with Crippen LogP contribution in [0.2, 0.25) is 0 Å². The van der Waals surface area contributed by atoms with E-state index in [-0.39, 0.29) is 17.7 Å². The van der Waals surface area contributed by atoms with Crippen LogP contribution in [0.1, 0.15) is 24.0 Å². The molecule has 0 spiro atoms. The molecule has 0 bridgehead atoms. The van der Waals surface area contributed by atoms with Gasteiger partial charge in [-0.05, 0) is 43.9 Å². The zero-order valence-electron chi connectivity index (χ0n) is 14.0. The Kier molecular flexibility index (Phi) is 5.54. The van der Waals surface area contributed by atoms with Gasteiger partial charge in [-0.2, -0.15) is 0 Å². The van der Waals surface area contributed by atoms with Crippen LogP contribution in [-0.4, -0.2) is 33.9 Å². The minimum atomic E-state index is -0.428. The molecule has 1 fully saturated rings. The zero-order valence-corrected chi connectivity index (χ0v) is 15.6. The van der Waals surface area contributed by atoms with Crippen LogP contribution in [-0.2, 0) is 4.79 Å². The highest BCUT2D eigenvalue weighted by Crippen LogP contribution is 2.29. The van der Waals surface area contributed by atoms with Gasteiger partial charge >= 0.3 is 6.03 Å². The first kappa shape index (κ1) is 17.7. The summed E-state index contributed by atoms with van der Waals surface area (Å²) in [5, 5.41) is 17.1. The average Bonchev–Trinajstić information content (AvgIpc) is 3.26. The van der Waals surface area contributed by atoms with Crippen LogP contribution < -0.4 is 16.0 Å². The minimum Gasteiger partial charge on any atom is -0.335 e. The van der Waals surface area contributed by atoms with E-state index in [1.165, 1.54) is 28.7 Å². The van der Waals surface area contributed by atoms with Crippen LogP contribution in [0.25, 0.3) is 0 Å². The third kappa shape index (κ3) is 5.17. The maximum atomic E-state index is 11.8. The number of imide groups is 1. The number of thioether (sulfide) groups is 1. The number of benzene rings is 1. The third-order valence-corrected chi connectivity index (χ3v) is 5.72. The number of carbonyl (C=O) groups excluding carboxylic acids is 2. The Hall–Kier alpha value is -2.13. The molecule has 1 aliphatic carbocycles. The van der Waals surface area contributed by atoms with Gasteiger partial charge < -0.3 is 10.6 Å². The molecule has 7 nitrogen and oxygen atoms in total. The van der Waals surface area contributed by atoms with E-state index in [9.17, 15) is 9.59 Å². The molecular formula is C16H19N5O2S2. The third-order valence-electron chi connectivity index (χ3n) is 3.74. The SMILES string of the molecule is Cc1cccc(Nc2nnc(SCC(=O)NC(=O)NC3CC3)s2)c1C. The lowest BCUT2D eigenvalue weighted by Gasteiger charge is -2.08. The quantitative estimate of drug-likeness (QED) is 0.670. The number of nitrogens with zero attached hydrogens (tertiary/aromatic N) is 2. The Morgan fingerprint density at radius 3 is 2.84 bits per heavy atom. The summed E-state index contributed by atoms with van der Waals surface area (Å²) in [6, 6.07) is 5.82.